The third-order valence-corrected chi connectivity index (χ3v) is 7.23. The summed E-state index contributed by atoms with van der Waals surface area (Å²) in [6.45, 7) is 0.148. The second-order valence-electron chi connectivity index (χ2n) is 9.76. The highest BCUT2D eigenvalue weighted by atomic mass is 35.5. The van der Waals surface area contributed by atoms with Crippen LogP contribution in [0.3, 0.4) is 0 Å². The predicted molar refractivity (Wildman–Crippen MR) is 148 cm³/mol. The van der Waals surface area contributed by atoms with Gasteiger partial charge in [-0.1, -0.05) is 91.5 Å². The van der Waals surface area contributed by atoms with Gasteiger partial charge in [-0.2, -0.15) is 0 Å². The van der Waals surface area contributed by atoms with Crippen molar-refractivity contribution in [3.05, 3.63) is 111 Å². The van der Waals surface area contributed by atoms with E-state index in [0.717, 1.165) is 43.2 Å². The molecule has 0 aromatic heterocycles. The standard InChI is InChI=1S/C30H32ClN3O4/c31-25-14-9-12-23(18-25)21-33(29(35)20-24-13-7-8-17-27(24)34(37)38)28(19-22-10-3-1-4-11-22)30(36)32-26-15-5-2-6-16-26/h1,3-4,7-14,17-18,26,28H,2,5-6,15-16,19-21H2,(H,32,36)/t28-/m0/s1. The molecule has 3 aromatic rings. The molecule has 2 amide bonds. The number of para-hydroxylation sites is 1. The van der Waals surface area contributed by atoms with Gasteiger partial charge in [0, 0.05) is 35.7 Å². The normalized spacial score (nSPS) is 14.4. The number of hydrogen-bond donors (Lipinski definition) is 1. The number of hydrogen-bond acceptors (Lipinski definition) is 4. The van der Waals surface area contributed by atoms with Gasteiger partial charge in [0.05, 0.1) is 11.3 Å². The quantitative estimate of drug-likeness (QED) is 0.260. The number of carbonyl (C=O) groups excluding carboxylic acids is 2. The lowest BCUT2D eigenvalue weighted by atomic mass is 9.94. The highest BCUT2D eigenvalue weighted by Crippen LogP contribution is 2.23. The van der Waals surface area contributed by atoms with E-state index >= 15 is 0 Å². The minimum atomic E-state index is -0.798. The molecule has 0 radical (unpaired) electrons. The number of benzene rings is 3. The summed E-state index contributed by atoms with van der Waals surface area (Å²) in [4.78, 5) is 40.4. The highest BCUT2D eigenvalue weighted by molar-refractivity contribution is 6.30. The molecule has 1 N–H and O–H groups in total. The van der Waals surface area contributed by atoms with Crippen LogP contribution in [0.25, 0.3) is 0 Å². The van der Waals surface area contributed by atoms with Crippen molar-refractivity contribution < 1.29 is 14.5 Å². The molecular formula is C30H32ClN3O4. The van der Waals surface area contributed by atoms with Crippen LogP contribution in [-0.4, -0.2) is 33.7 Å². The number of nitrogens with one attached hydrogen (secondary N) is 1. The van der Waals surface area contributed by atoms with Gasteiger partial charge in [0.15, 0.2) is 0 Å². The topological polar surface area (TPSA) is 92.6 Å². The predicted octanol–water partition coefficient (Wildman–Crippen LogP) is 5.88. The summed E-state index contributed by atoms with van der Waals surface area (Å²) in [6.07, 6.45) is 5.26. The smallest absolute Gasteiger partial charge is 0.273 e. The van der Waals surface area contributed by atoms with Crippen molar-refractivity contribution in [2.24, 2.45) is 0 Å². The first-order valence-electron chi connectivity index (χ1n) is 13.0. The Morgan fingerprint density at radius 1 is 0.947 bits per heavy atom. The molecule has 1 saturated carbocycles. The number of carbonyl (C=O) groups is 2. The first-order chi connectivity index (χ1) is 18.4. The zero-order chi connectivity index (χ0) is 26.9. The molecular weight excluding hydrogens is 502 g/mol. The summed E-state index contributed by atoms with van der Waals surface area (Å²) in [6, 6.07) is 22.3. The van der Waals surface area contributed by atoms with Gasteiger partial charge in [0.2, 0.25) is 11.8 Å². The Hall–Kier alpha value is -3.71. The Labute approximate surface area is 228 Å². The number of nitro groups is 1. The molecule has 1 atom stereocenters. The molecule has 1 fully saturated rings. The van der Waals surface area contributed by atoms with Crippen LogP contribution in [0.2, 0.25) is 5.02 Å². The maximum atomic E-state index is 13.9. The van der Waals surface area contributed by atoms with Crippen LogP contribution in [0.15, 0.2) is 78.9 Å². The second-order valence-corrected chi connectivity index (χ2v) is 10.2. The number of nitrogens with zero attached hydrogens (tertiary/aromatic N) is 2. The van der Waals surface area contributed by atoms with E-state index in [0.29, 0.717) is 17.0 Å². The maximum absolute atomic E-state index is 13.9. The third kappa shape index (κ3) is 7.42. The first-order valence-corrected chi connectivity index (χ1v) is 13.4. The Morgan fingerprint density at radius 3 is 2.34 bits per heavy atom. The molecule has 4 rings (SSSR count). The van der Waals surface area contributed by atoms with Crippen molar-refractivity contribution in [2.75, 3.05) is 0 Å². The van der Waals surface area contributed by atoms with Gasteiger partial charge < -0.3 is 10.2 Å². The van der Waals surface area contributed by atoms with Gasteiger partial charge in [-0.25, -0.2) is 0 Å². The van der Waals surface area contributed by atoms with E-state index in [-0.39, 0.29) is 36.5 Å². The van der Waals surface area contributed by atoms with Crippen LogP contribution >= 0.6 is 11.6 Å². The van der Waals surface area contributed by atoms with Crippen molar-refractivity contribution in [1.29, 1.82) is 0 Å². The molecule has 0 bridgehead atoms. The number of rotatable bonds is 10. The Morgan fingerprint density at radius 2 is 1.63 bits per heavy atom. The van der Waals surface area contributed by atoms with E-state index in [4.69, 9.17) is 11.6 Å². The van der Waals surface area contributed by atoms with E-state index < -0.39 is 11.0 Å². The van der Waals surface area contributed by atoms with Gasteiger partial charge >= 0.3 is 0 Å². The molecule has 0 saturated heterocycles. The van der Waals surface area contributed by atoms with E-state index in [1.807, 2.05) is 36.4 Å². The lowest BCUT2D eigenvalue weighted by Gasteiger charge is -2.33. The van der Waals surface area contributed by atoms with E-state index in [1.54, 1.807) is 41.3 Å². The molecule has 1 aliphatic carbocycles. The molecule has 7 nitrogen and oxygen atoms in total. The van der Waals surface area contributed by atoms with Crippen molar-refractivity contribution in [1.82, 2.24) is 10.2 Å². The van der Waals surface area contributed by atoms with E-state index in [1.165, 1.54) is 6.07 Å². The molecule has 8 heteroatoms. The van der Waals surface area contributed by atoms with E-state index in [2.05, 4.69) is 5.32 Å². The fraction of sp³-hybridized carbons (Fsp3) is 0.333. The molecule has 0 aliphatic heterocycles. The van der Waals surface area contributed by atoms with Crippen molar-refractivity contribution in [3.8, 4) is 0 Å². The van der Waals surface area contributed by atoms with Crippen molar-refractivity contribution in [3.63, 3.8) is 0 Å². The summed E-state index contributed by atoms with van der Waals surface area (Å²) in [5.74, 6) is -0.572. The second kappa shape index (κ2) is 13.2. The summed E-state index contributed by atoms with van der Waals surface area (Å²) >= 11 is 6.24. The van der Waals surface area contributed by atoms with Crippen LogP contribution in [-0.2, 0) is 29.0 Å². The lowest BCUT2D eigenvalue weighted by Crippen LogP contribution is -2.53. The molecule has 0 heterocycles. The molecule has 198 valence electrons. The highest BCUT2D eigenvalue weighted by Gasteiger charge is 2.32. The van der Waals surface area contributed by atoms with Gasteiger partial charge in [0.25, 0.3) is 5.69 Å². The molecule has 0 unspecified atom stereocenters. The number of halogens is 1. The summed E-state index contributed by atoms with van der Waals surface area (Å²) in [5, 5.41) is 15.3. The van der Waals surface area contributed by atoms with Gasteiger partial charge in [-0.3, -0.25) is 19.7 Å². The molecule has 0 spiro atoms. The third-order valence-electron chi connectivity index (χ3n) is 6.99. The summed E-state index contributed by atoms with van der Waals surface area (Å²) in [7, 11) is 0. The van der Waals surface area contributed by atoms with Crippen LogP contribution in [0.5, 0.6) is 0 Å². The average molecular weight is 534 g/mol. The fourth-order valence-electron chi connectivity index (χ4n) is 5.03. The summed E-state index contributed by atoms with van der Waals surface area (Å²) < 4.78 is 0. The minimum absolute atomic E-state index is 0.0767. The first kappa shape index (κ1) is 27.3. The van der Waals surface area contributed by atoms with Crippen LogP contribution in [0, 0.1) is 10.1 Å². The zero-order valence-corrected chi connectivity index (χ0v) is 22.0. The fourth-order valence-corrected chi connectivity index (χ4v) is 5.25. The Balaban J connectivity index is 1.69. The largest absolute Gasteiger partial charge is 0.352 e. The van der Waals surface area contributed by atoms with Crippen LogP contribution < -0.4 is 5.32 Å². The van der Waals surface area contributed by atoms with Gasteiger partial charge in [0.1, 0.15) is 6.04 Å². The van der Waals surface area contributed by atoms with Crippen LogP contribution in [0.4, 0.5) is 5.69 Å². The average Bonchev–Trinajstić information content (AvgIpc) is 2.92. The molecule has 38 heavy (non-hydrogen) atoms. The molecule has 3 aromatic carbocycles. The minimum Gasteiger partial charge on any atom is -0.352 e. The van der Waals surface area contributed by atoms with Crippen LogP contribution in [0.1, 0.15) is 48.8 Å². The van der Waals surface area contributed by atoms with Gasteiger partial charge in [-0.15, -0.1) is 0 Å². The van der Waals surface area contributed by atoms with Crippen molar-refractivity contribution >= 4 is 29.1 Å². The monoisotopic (exact) mass is 533 g/mol. The number of amides is 2. The van der Waals surface area contributed by atoms with E-state index in [9.17, 15) is 19.7 Å². The Bertz CT molecular complexity index is 1260. The van der Waals surface area contributed by atoms with Gasteiger partial charge in [-0.05, 0) is 36.1 Å². The SMILES string of the molecule is O=C(NC1CCCCC1)[C@H](Cc1ccccc1)N(Cc1cccc(Cl)c1)C(=O)Cc1ccccc1[N+](=O)[O-]. The number of nitro benzene ring substituents is 1. The van der Waals surface area contributed by atoms with Crippen molar-refractivity contribution in [2.45, 2.75) is 63.6 Å². The summed E-state index contributed by atoms with van der Waals surface area (Å²) in [5.41, 5.74) is 1.89. The zero-order valence-electron chi connectivity index (χ0n) is 21.2. The lowest BCUT2D eigenvalue weighted by molar-refractivity contribution is -0.385. The Kier molecular flexibility index (Phi) is 9.49. The molecule has 1 aliphatic rings. The maximum Gasteiger partial charge on any atom is 0.273 e.